The maximum atomic E-state index is 2.53. The predicted molar refractivity (Wildman–Crippen MR) is 134 cm³/mol. The molecule has 0 radical (unpaired) electrons. The Labute approximate surface area is 214 Å². The van der Waals surface area contributed by atoms with Crippen molar-refractivity contribution in [1.29, 1.82) is 0 Å². The minimum absolute atomic E-state index is 0. The number of hydrogen-bond acceptors (Lipinski definition) is 3. The molecule has 0 unspecified atom stereocenters. The van der Waals surface area contributed by atoms with E-state index in [1.165, 1.54) is 51.5 Å². The molecule has 1 aliphatic heterocycles. The van der Waals surface area contributed by atoms with Gasteiger partial charge in [-0.2, -0.15) is 4.57 Å². The third-order valence-corrected chi connectivity index (χ3v) is 7.33. The van der Waals surface area contributed by atoms with Crippen molar-refractivity contribution in [2.75, 3.05) is 31.1 Å². The van der Waals surface area contributed by atoms with Crippen LogP contribution in [0.15, 0.2) is 70.7 Å². The third-order valence-electron chi connectivity index (χ3n) is 6.22. The minimum Gasteiger partial charge on any atom is -1.00 e. The summed E-state index contributed by atoms with van der Waals surface area (Å²) in [5, 5.41) is 2.65. The van der Waals surface area contributed by atoms with Crippen molar-refractivity contribution in [2.45, 2.75) is 45.1 Å². The minimum atomic E-state index is 0. The van der Waals surface area contributed by atoms with Crippen LogP contribution in [-0.4, -0.2) is 31.1 Å². The van der Waals surface area contributed by atoms with E-state index in [0.717, 1.165) is 26.2 Å². The normalized spacial score (nSPS) is 14.2. The number of halogens is 1. The van der Waals surface area contributed by atoms with Gasteiger partial charge in [0.1, 0.15) is 6.54 Å². The average Bonchev–Trinajstić information content (AvgIpc) is 3.16. The standard InChI is InChI=1S/C27H34N3S.HI/c1-4-28(5-2)18-11-12-19-30-25-15-9-10-16-26(25)31-27(30)21-22-17-20-29(6-3)24-14-8-7-13-23(22)24;/h7-10,13-17,20-21H,4-6,11-12,18-19H2,1-3H3;1H/q+1;/p-1. The van der Waals surface area contributed by atoms with Gasteiger partial charge < -0.3 is 33.8 Å². The third kappa shape index (κ3) is 5.49. The van der Waals surface area contributed by atoms with Crippen LogP contribution < -0.4 is 33.4 Å². The number of para-hydroxylation sites is 2. The molecular weight excluding hydrogens is 525 g/mol. The van der Waals surface area contributed by atoms with Crippen molar-refractivity contribution in [1.82, 2.24) is 4.90 Å². The van der Waals surface area contributed by atoms with E-state index >= 15 is 0 Å². The molecule has 2 aromatic carbocycles. The van der Waals surface area contributed by atoms with Crippen LogP contribution in [0.5, 0.6) is 0 Å². The molecule has 0 aliphatic carbocycles. The van der Waals surface area contributed by atoms with Gasteiger partial charge in [-0.25, -0.2) is 0 Å². The number of hydrogen-bond donors (Lipinski definition) is 0. The van der Waals surface area contributed by atoms with E-state index in [1.807, 2.05) is 11.8 Å². The fraction of sp³-hybridized carbons (Fsp3) is 0.370. The molecule has 0 spiro atoms. The maximum absolute atomic E-state index is 2.53. The van der Waals surface area contributed by atoms with Crippen LogP contribution in [0.2, 0.25) is 0 Å². The van der Waals surface area contributed by atoms with Crippen molar-refractivity contribution >= 4 is 34.4 Å². The van der Waals surface area contributed by atoms with Crippen molar-refractivity contribution in [3.8, 4) is 0 Å². The molecule has 0 saturated heterocycles. The van der Waals surface area contributed by atoms with Gasteiger partial charge >= 0.3 is 0 Å². The highest BCUT2D eigenvalue weighted by atomic mass is 127. The molecule has 32 heavy (non-hydrogen) atoms. The van der Waals surface area contributed by atoms with Crippen LogP contribution in [0.3, 0.4) is 0 Å². The first-order chi connectivity index (χ1) is 15.2. The second-order valence-electron chi connectivity index (χ2n) is 8.01. The molecular formula is C27H34IN3S. The highest BCUT2D eigenvalue weighted by molar-refractivity contribution is 8.03. The molecule has 0 amide bonds. The highest BCUT2D eigenvalue weighted by Crippen LogP contribution is 2.46. The van der Waals surface area contributed by atoms with Gasteiger partial charge in [-0.05, 0) is 69.2 Å². The quantitative estimate of drug-likeness (QED) is 0.227. The van der Waals surface area contributed by atoms with Crippen LogP contribution >= 0.6 is 11.8 Å². The number of benzene rings is 2. The Kier molecular flexibility index (Phi) is 9.44. The molecule has 2 heterocycles. The van der Waals surface area contributed by atoms with E-state index in [-0.39, 0.29) is 24.0 Å². The molecule has 0 bridgehead atoms. The number of aromatic nitrogens is 1. The van der Waals surface area contributed by atoms with Gasteiger partial charge in [-0.3, -0.25) is 0 Å². The van der Waals surface area contributed by atoms with Gasteiger partial charge in [0, 0.05) is 23.6 Å². The number of rotatable bonds is 9. The fourth-order valence-electron chi connectivity index (χ4n) is 4.38. The topological polar surface area (TPSA) is 10.4 Å². The lowest BCUT2D eigenvalue weighted by atomic mass is 10.1. The van der Waals surface area contributed by atoms with Gasteiger partial charge in [0.2, 0.25) is 5.52 Å². The Balaban J connectivity index is 0.00000289. The van der Waals surface area contributed by atoms with Gasteiger partial charge in [-0.1, -0.05) is 49.9 Å². The van der Waals surface area contributed by atoms with Crippen molar-refractivity contribution < 1.29 is 28.5 Å². The SMILES string of the molecule is CCN(CC)CCCCN1/C(=C/c2cc[n+](CC)c3ccccc23)Sc2ccccc21.[I-]. The fourth-order valence-corrected chi connectivity index (χ4v) is 5.52. The lowest BCUT2D eigenvalue weighted by Crippen LogP contribution is -3.00. The number of unbranched alkanes of at least 4 members (excludes halogenated alkanes) is 1. The van der Waals surface area contributed by atoms with Crippen molar-refractivity contribution in [2.24, 2.45) is 0 Å². The summed E-state index contributed by atoms with van der Waals surface area (Å²) >= 11 is 1.90. The van der Waals surface area contributed by atoms with E-state index in [4.69, 9.17) is 0 Å². The molecule has 1 aliphatic rings. The van der Waals surface area contributed by atoms with Gasteiger partial charge in [0.05, 0.1) is 16.1 Å². The van der Waals surface area contributed by atoms with Crippen LogP contribution in [0.25, 0.3) is 17.0 Å². The zero-order valence-corrected chi connectivity index (χ0v) is 22.4. The first-order valence-corrected chi connectivity index (χ1v) is 12.5. The van der Waals surface area contributed by atoms with E-state index in [2.05, 4.69) is 102 Å². The van der Waals surface area contributed by atoms with Crippen LogP contribution in [0.1, 0.15) is 39.2 Å². The number of aryl methyl sites for hydroxylation is 1. The summed E-state index contributed by atoms with van der Waals surface area (Å²) < 4.78 is 2.32. The second kappa shape index (κ2) is 12.1. The first-order valence-electron chi connectivity index (χ1n) is 11.6. The second-order valence-corrected chi connectivity index (χ2v) is 9.07. The lowest BCUT2D eigenvalue weighted by molar-refractivity contribution is -0.667. The van der Waals surface area contributed by atoms with Crippen LogP contribution in [-0.2, 0) is 6.54 Å². The summed E-state index contributed by atoms with van der Waals surface area (Å²) in [7, 11) is 0. The lowest BCUT2D eigenvalue weighted by Gasteiger charge is -2.22. The number of nitrogens with zero attached hydrogens (tertiary/aromatic N) is 3. The Bertz CT molecular complexity index is 1060. The summed E-state index contributed by atoms with van der Waals surface area (Å²) in [5.74, 6) is 0. The molecule has 3 nitrogen and oxygen atoms in total. The van der Waals surface area contributed by atoms with E-state index in [9.17, 15) is 0 Å². The Hall–Kier alpha value is -1.57. The van der Waals surface area contributed by atoms with Crippen molar-refractivity contribution in [3.05, 3.63) is 71.4 Å². The monoisotopic (exact) mass is 559 g/mol. The summed E-state index contributed by atoms with van der Waals surface area (Å²) in [6, 6.07) is 19.8. The maximum Gasteiger partial charge on any atom is 0.213 e. The zero-order valence-electron chi connectivity index (χ0n) is 19.4. The molecule has 0 atom stereocenters. The molecule has 0 N–H and O–H groups in total. The van der Waals surface area contributed by atoms with Gasteiger partial charge in [-0.15, -0.1) is 0 Å². The number of anilines is 1. The van der Waals surface area contributed by atoms with Crippen LogP contribution in [0, 0.1) is 0 Å². The predicted octanol–water partition coefficient (Wildman–Crippen LogP) is 3.18. The zero-order chi connectivity index (χ0) is 21.6. The van der Waals surface area contributed by atoms with E-state index in [0.29, 0.717) is 0 Å². The number of thioether (sulfide) groups is 1. The highest BCUT2D eigenvalue weighted by Gasteiger charge is 2.25. The summed E-state index contributed by atoms with van der Waals surface area (Å²) in [6.07, 6.45) is 7.05. The summed E-state index contributed by atoms with van der Waals surface area (Å²) in [4.78, 5) is 6.40. The average molecular weight is 560 g/mol. The molecule has 0 saturated carbocycles. The number of pyridine rings is 1. The largest absolute Gasteiger partial charge is 1.00 e. The Morgan fingerprint density at radius 2 is 1.69 bits per heavy atom. The molecule has 170 valence electrons. The molecule has 3 aromatic rings. The molecule has 0 fully saturated rings. The number of fused-ring (bicyclic) bond motifs is 2. The molecule has 5 heteroatoms. The summed E-state index contributed by atoms with van der Waals surface area (Å²) in [5.41, 5.74) is 3.94. The van der Waals surface area contributed by atoms with E-state index in [1.54, 1.807) is 0 Å². The molecule has 4 rings (SSSR count). The van der Waals surface area contributed by atoms with E-state index < -0.39 is 0 Å². The first kappa shape index (κ1) is 25.1. The van der Waals surface area contributed by atoms with Crippen molar-refractivity contribution in [3.63, 3.8) is 0 Å². The molecule has 1 aromatic heterocycles. The van der Waals surface area contributed by atoms with Crippen LogP contribution in [0.4, 0.5) is 5.69 Å². The Morgan fingerprint density at radius 1 is 0.938 bits per heavy atom. The Morgan fingerprint density at radius 3 is 2.47 bits per heavy atom. The summed E-state index contributed by atoms with van der Waals surface area (Å²) in [6.45, 7) is 12.2. The van der Waals surface area contributed by atoms with Gasteiger partial charge in [0.15, 0.2) is 6.20 Å². The van der Waals surface area contributed by atoms with Gasteiger partial charge in [0.25, 0.3) is 0 Å². The smallest absolute Gasteiger partial charge is 0.213 e.